The molecule has 0 aliphatic carbocycles. The Morgan fingerprint density at radius 1 is 0.972 bits per heavy atom. The lowest BCUT2D eigenvalue weighted by Gasteiger charge is -2.35. The molecule has 7 nitrogen and oxygen atoms in total. The third-order valence-corrected chi connectivity index (χ3v) is 8.21. The van der Waals surface area contributed by atoms with Gasteiger partial charge in [-0.05, 0) is 75.2 Å². The number of rotatable bonds is 8. The van der Waals surface area contributed by atoms with Gasteiger partial charge in [0.1, 0.15) is 5.75 Å². The maximum atomic E-state index is 13.6. The van der Waals surface area contributed by atoms with Crippen molar-refractivity contribution in [1.29, 1.82) is 0 Å². The molecular formula is C28H33N3O4S. The summed E-state index contributed by atoms with van der Waals surface area (Å²) >= 11 is 0. The van der Waals surface area contributed by atoms with Crippen molar-refractivity contribution in [2.24, 2.45) is 0 Å². The van der Waals surface area contributed by atoms with Crippen molar-refractivity contribution in [3.05, 3.63) is 83.4 Å². The predicted octanol–water partition coefficient (Wildman–Crippen LogP) is 4.42. The summed E-state index contributed by atoms with van der Waals surface area (Å²) in [5.74, 6) is 0.00409. The Bertz CT molecular complexity index is 1320. The largest absolute Gasteiger partial charge is 0.476 e. The number of ether oxygens (including phenoxy) is 1. The van der Waals surface area contributed by atoms with Crippen molar-refractivity contribution in [2.45, 2.75) is 45.2 Å². The molecule has 4 rings (SSSR count). The maximum absolute atomic E-state index is 13.6. The standard InChI is InChI=1S/C28H33N3O4S/c1-5-30(6-2)23-12-10-22(11-13-23)18-29-28(32)27-19-31(25-17-21(4)9-16-26(25)35-27)36(33,34)24-14-7-20(3)8-15-24/h7-17,27H,5-6,18-19H2,1-4H3,(H,29,32)/t27-/m0/s1. The topological polar surface area (TPSA) is 79.0 Å². The highest BCUT2D eigenvalue weighted by Gasteiger charge is 2.37. The van der Waals surface area contributed by atoms with Crippen molar-refractivity contribution in [3.8, 4) is 5.75 Å². The van der Waals surface area contributed by atoms with Gasteiger partial charge < -0.3 is 15.0 Å². The van der Waals surface area contributed by atoms with E-state index in [1.807, 2.05) is 44.2 Å². The first-order valence-corrected chi connectivity index (χ1v) is 13.6. The fourth-order valence-corrected chi connectivity index (χ4v) is 5.75. The van der Waals surface area contributed by atoms with Gasteiger partial charge in [0.05, 0.1) is 17.1 Å². The second kappa shape index (κ2) is 10.6. The van der Waals surface area contributed by atoms with E-state index < -0.39 is 16.1 Å². The summed E-state index contributed by atoms with van der Waals surface area (Å²) < 4.78 is 34.4. The number of carbonyl (C=O) groups is 1. The van der Waals surface area contributed by atoms with E-state index in [4.69, 9.17) is 4.74 Å². The summed E-state index contributed by atoms with van der Waals surface area (Å²) in [7, 11) is -3.89. The summed E-state index contributed by atoms with van der Waals surface area (Å²) in [6.07, 6.45) is -0.977. The summed E-state index contributed by atoms with van der Waals surface area (Å²) in [6.45, 7) is 10.1. The lowest BCUT2D eigenvalue weighted by Crippen LogP contribution is -2.50. The van der Waals surface area contributed by atoms with Crippen LogP contribution < -0.4 is 19.3 Å². The second-order valence-electron chi connectivity index (χ2n) is 8.98. The Labute approximate surface area is 213 Å². The van der Waals surface area contributed by atoms with E-state index in [1.165, 1.54) is 4.31 Å². The highest BCUT2D eigenvalue weighted by molar-refractivity contribution is 7.92. The molecule has 0 bridgehead atoms. The zero-order chi connectivity index (χ0) is 25.9. The van der Waals surface area contributed by atoms with Crippen LogP contribution in [-0.2, 0) is 21.4 Å². The molecule has 36 heavy (non-hydrogen) atoms. The highest BCUT2D eigenvalue weighted by atomic mass is 32.2. The van der Waals surface area contributed by atoms with Crippen LogP contribution in [0.3, 0.4) is 0 Å². The predicted molar refractivity (Wildman–Crippen MR) is 143 cm³/mol. The summed E-state index contributed by atoms with van der Waals surface area (Å²) in [6, 6.07) is 20.1. The van der Waals surface area contributed by atoms with Crippen LogP contribution in [0.4, 0.5) is 11.4 Å². The second-order valence-corrected chi connectivity index (χ2v) is 10.8. The van der Waals surface area contributed by atoms with E-state index in [0.29, 0.717) is 18.0 Å². The summed E-state index contributed by atoms with van der Waals surface area (Å²) in [5.41, 5.74) is 4.39. The molecule has 0 spiro atoms. The molecule has 1 atom stereocenters. The zero-order valence-corrected chi connectivity index (χ0v) is 22.0. The Kier molecular flexibility index (Phi) is 7.54. The molecule has 3 aromatic carbocycles. The van der Waals surface area contributed by atoms with Crippen LogP contribution in [0.15, 0.2) is 71.6 Å². The van der Waals surface area contributed by atoms with Crippen molar-refractivity contribution >= 4 is 27.3 Å². The Hall–Kier alpha value is -3.52. The van der Waals surface area contributed by atoms with E-state index in [-0.39, 0.29) is 17.3 Å². The van der Waals surface area contributed by atoms with Crippen LogP contribution >= 0.6 is 0 Å². The number of hydrogen-bond donors (Lipinski definition) is 1. The smallest absolute Gasteiger partial charge is 0.264 e. The first-order valence-electron chi connectivity index (χ1n) is 12.2. The van der Waals surface area contributed by atoms with E-state index in [2.05, 4.69) is 24.1 Å². The number of carbonyl (C=O) groups excluding carboxylic acids is 1. The lowest BCUT2D eigenvalue weighted by atomic mass is 10.1. The van der Waals surface area contributed by atoms with Crippen LogP contribution in [0, 0.1) is 13.8 Å². The van der Waals surface area contributed by atoms with Crippen LogP contribution in [0.25, 0.3) is 0 Å². The number of hydrogen-bond acceptors (Lipinski definition) is 5. The van der Waals surface area contributed by atoms with Crippen LogP contribution in [-0.4, -0.2) is 40.1 Å². The van der Waals surface area contributed by atoms with Crippen molar-refractivity contribution in [3.63, 3.8) is 0 Å². The van der Waals surface area contributed by atoms with Gasteiger partial charge in [0, 0.05) is 25.3 Å². The van der Waals surface area contributed by atoms with Gasteiger partial charge in [0.25, 0.3) is 15.9 Å². The number of nitrogens with zero attached hydrogens (tertiary/aromatic N) is 2. The minimum atomic E-state index is -3.89. The van der Waals surface area contributed by atoms with Crippen molar-refractivity contribution < 1.29 is 17.9 Å². The molecule has 1 amide bonds. The quantitative estimate of drug-likeness (QED) is 0.488. The molecular weight excluding hydrogens is 474 g/mol. The Balaban J connectivity index is 1.53. The molecule has 0 saturated carbocycles. The Morgan fingerprint density at radius 2 is 1.61 bits per heavy atom. The van der Waals surface area contributed by atoms with Gasteiger partial charge in [-0.15, -0.1) is 0 Å². The van der Waals surface area contributed by atoms with Crippen LogP contribution in [0.5, 0.6) is 5.75 Å². The minimum absolute atomic E-state index is 0.112. The third-order valence-electron chi connectivity index (χ3n) is 6.42. The molecule has 1 heterocycles. The molecule has 1 aliphatic rings. The maximum Gasteiger partial charge on any atom is 0.264 e. The molecule has 1 N–H and O–H groups in total. The van der Waals surface area contributed by atoms with Crippen molar-refractivity contribution in [2.75, 3.05) is 28.8 Å². The van der Waals surface area contributed by atoms with Gasteiger partial charge in [-0.3, -0.25) is 9.10 Å². The fourth-order valence-electron chi connectivity index (χ4n) is 4.28. The van der Waals surface area contributed by atoms with E-state index in [0.717, 1.165) is 35.5 Å². The third kappa shape index (κ3) is 5.33. The van der Waals surface area contributed by atoms with Gasteiger partial charge in [0.15, 0.2) is 6.10 Å². The number of amides is 1. The van der Waals surface area contributed by atoms with Gasteiger partial charge in [-0.25, -0.2) is 8.42 Å². The molecule has 190 valence electrons. The van der Waals surface area contributed by atoms with Crippen LogP contribution in [0.1, 0.15) is 30.5 Å². The van der Waals surface area contributed by atoms with Gasteiger partial charge in [0.2, 0.25) is 0 Å². The first-order chi connectivity index (χ1) is 17.2. The first kappa shape index (κ1) is 25.6. The van der Waals surface area contributed by atoms with Gasteiger partial charge >= 0.3 is 0 Å². The SMILES string of the molecule is CCN(CC)c1ccc(CNC(=O)[C@@H]2CN(S(=O)(=O)c3ccc(C)cc3)c3cc(C)ccc3O2)cc1. The molecule has 8 heteroatoms. The monoisotopic (exact) mass is 507 g/mol. The normalized spacial score (nSPS) is 15.1. The van der Waals surface area contributed by atoms with Gasteiger partial charge in [-0.2, -0.15) is 0 Å². The average Bonchev–Trinajstić information content (AvgIpc) is 2.88. The highest BCUT2D eigenvalue weighted by Crippen LogP contribution is 2.37. The number of aryl methyl sites for hydroxylation is 2. The summed E-state index contributed by atoms with van der Waals surface area (Å²) in [4.78, 5) is 15.5. The fraction of sp³-hybridized carbons (Fsp3) is 0.321. The zero-order valence-electron chi connectivity index (χ0n) is 21.2. The number of nitrogens with one attached hydrogen (secondary N) is 1. The number of anilines is 2. The van der Waals surface area contributed by atoms with E-state index in [1.54, 1.807) is 36.4 Å². The molecule has 0 fully saturated rings. The van der Waals surface area contributed by atoms with E-state index in [9.17, 15) is 13.2 Å². The van der Waals surface area contributed by atoms with Gasteiger partial charge in [-0.1, -0.05) is 35.9 Å². The van der Waals surface area contributed by atoms with Crippen molar-refractivity contribution in [1.82, 2.24) is 5.32 Å². The molecule has 0 saturated heterocycles. The average molecular weight is 508 g/mol. The summed E-state index contributed by atoms with van der Waals surface area (Å²) in [5, 5.41) is 2.91. The lowest BCUT2D eigenvalue weighted by molar-refractivity contribution is -0.127. The number of sulfonamides is 1. The molecule has 1 aliphatic heterocycles. The Morgan fingerprint density at radius 3 is 2.25 bits per heavy atom. The molecule has 0 unspecified atom stereocenters. The number of fused-ring (bicyclic) bond motifs is 1. The number of benzene rings is 3. The molecule has 0 aromatic heterocycles. The van der Waals surface area contributed by atoms with Crippen LogP contribution in [0.2, 0.25) is 0 Å². The van der Waals surface area contributed by atoms with E-state index >= 15 is 0 Å². The molecule has 3 aromatic rings. The minimum Gasteiger partial charge on any atom is -0.476 e. The molecule has 0 radical (unpaired) electrons.